The molecule has 5 aliphatic carbocycles. The van der Waals surface area contributed by atoms with Gasteiger partial charge in [0, 0.05) is 5.41 Å². The number of aliphatic hydroxyl groups is 1. The van der Waals surface area contributed by atoms with Crippen molar-refractivity contribution in [3.05, 3.63) is 11.6 Å². The monoisotopic (exact) mass is 465 g/mol. The molecule has 3 heteroatoms. The minimum absolute atomic E-state index is 0.0133. The summed E-state index contributed by atoms with van der Waals surface area (Å²) in [6, 6.07) is 2.25. The average Bonchev–Trinajstić information content (AvgIpc) is 2.74. The van der Waals surface area contributed by atoms with Gasteiger partial charge in [0.2, 0.25) is 0 Å². The van der Waals surface area contributed by atoms with Crippen molar-refractivity contribution in [3.63, 3.8) is 0 Å². The average molecular weight is 466 g/mol. The second-order valence-corrected chi connectivity index (χ2v) is 15.5. The number of Topliss-reactive ketones (excluding diaryl/α,β-unsaturated/α-hetero) is 1. The summed E-state index contributed by atoms with van der Waals surface area (Å²) >= 11 is 0. The molecule has 0 aromatic heterocycles. The Labute approximate surface area is 207 Å². The fourth-order valence-electron chi connectivity index (χ4n) is 10.9. The third-order valence-electron chi connectivity index (χ3n) is 13.1. The molecular weight excluding hydrogens is 418 g/mol. The highest BCUT2D eigenvalue weighted by atomic mass is 16.3. The molecule has 0 aromatic rings. The van der Waals surface area contributed by atoms with Crippen LogP contribution in [0.1, 0.15) is 107 Å². The maximum Gasteiger partial charge on any atom is 0.178 e. The van der Waals surface area contributed by atoms with Crippen LogP contribution in [0.25, 0.3) is 0 Å². The standard InChI is InChI=1S/C31H47NO2/c1-26(2)11-12-28(5)13-14-31(8)24(20(28)17-26)21(33)15-23-29(6)16-19(18-32)25(34)27(3,4)22(29)9-10-30(23,31)7/h16,20-24,33H,9-15,17H2,1-8H3/t20?,21?,22?,23?,24?,28-,29+,30-,31-/m1/s1. The van der Waals surface area contributed by atoms with Crippen LogP contribution in [0.2, 0.25) is 0 Å². The predicted octanol–water partition coefficient (Wildman–Crippen LogP) is 7.10. The van der Waals surface area contributed by atoms with Crippen LogP contribution in [0.5, 0.6) is 0 Å². The van der Waals surface area contributed by atoms with Crippen LogP contribution in [-0.2, 0) is 4.79 Å². The Balaban J connectivity index is 1.62. The lowest BCUT2D eigenvalue weighted by molar-refractivity contribution is -0.258. The van der Waals surface area contributed by atoms with E-state index in [4.69, 9.17) is 0 Å². The minimum Gasteiger partial charge on any atom is -0.393 e. The Bertz CT molecular complexity index is 986. The van der Waals surface area contributed by atoms with Crippen molar-refractivity contribution in [1.29, 1.82) is 5.26 Å². The SMILES string of the molecule is CC1(C)CC[C@]2(C)CC[C@]3(C)C(C(O)CC4[C@@]5(C)C=C(C#N)C(=O)C(C)(C)C5CC[C@]43C)C2C1. The Morgan fingerprint density at radius 1 is 0.912 bits per heavy atom. The molecule has 1 N–H and O–H groups in total. The Kier molecular flexibility index (Phi) is 5.05. The van der Waals surface area contributed by atoms with Crippen LogP contribution in [0, 0.1) is 67.5 Å². The van der Waals surface area contributed by atoms with Crippen LogP contribution in [0.4, 0.5) is 0 Å². The summed E-state index contributed by atoms with van der Waals surface area (Å²) in [6.07, 6.45) is 11.0. The summed E-state index contributed by atoms with van der Waals surface area (Å²) in [4.78, 5) is 13.2. The van der Waals surface area contributed by atoms with Gasteiger partial charge in [-0.25, -0.2) is 0 Å². The molecule has 0 bridgehead atoms. The van der Waals surface area contributed by atoms with Crippen molar-refractivity contribution in [1.82, 2.24) is 0 Å². The zero-order chi connectivity index (χ0) is 25.1. The van der Waals surface area contributed by atoms with E-state index in [9.17, 15) is 15.2 Å². The molecule has 0 aromatic carbocycles. The number of rotatable bonds is 0. The maximum atomic E-state index is 13.2. The van der Waals surface area contributed by atoms with Crippen molar-refractivity contribution < 1.29 is 9.90 Å². The fourth-order valence-corrected chi connectivity index (χ4v) is 10.9. The third kappa shape index (κ3) is 2.87. The number of fused-ring (bicyclic) bond motifs is 7. The van der Waals surface area contributed by atoms with Crippen LogP contribution in [0.15, 0.2) is 11.6 Å². The summed E-state index contributed by atoms with van der Waals surface area (Å²) in [5, 5.41) is 21.9. The van der Waals surface area contributed by atoms with Gasteiger partial charge in [0.15, 0.2) is 5.78 Å². The summed E-state index contributed by atoms with van der Waals surface area (Å²) in [5.41, 5.74) is 0.444. The van der Waals surface area contributed by atoms with E-state index < -0.39 is 5.41 Å². The number of carbonyl (C=O) groups is 1. The molecule has 0 amide bonds. The van der Waals surface area contributed by atoms with Gasteiger partial charge in [0.1, 0.15) is 6.07 Å². The van der Waals surface area contributed by atoms with Gasteiger partial charge in [-0.2, -0.15) is 5.26 Å². The van der Waals surface area contributed by atoms with E-state index in [0.29, 0.717) is 28.2 Å². The van der Waals surface area contributed by atoms with Gasteiger partial charge in [-0.3, -0.25) is 4.79 Å². The Morgan fingerprint density at radius 3 is 2.21 bits per heavy atom. The van der Waals surface area contributed by atoms with Crippen molar-refractivity contribution in [2.24, 2.45) is 56.2 Å². The molecule has 5 unspecified atom stereocenters. The molecule has 34 heavy (non-hydrogen) atoms. The van der Waals surface area contributed by atoms with Crippen molar-refractivity contribution in [2.75, 3.05) is 0 Å². The summed E-state index contributed by atoms with van der Waals surface area (Å²) in [5.74, 6) is 1.43. The fraction of sp³-hybridized carbons (Fsp3) is 0.871. The normalized spacial score (nSPS) is 53.4. The molecular formula is C31H47NO2. The second kappa shape index (κ2) is 7.00. The largest absolute Gasteiger partial charge is 0.393 e. The molecule has 0 heterocycles. The number of hydrogen-bond acceptors (Lipinski definition) is 3. The number of allylic oxidation sites excluding steroid dienone is 2. The van der Waals surface area contributed by atoms with Gasteiger partial charge < -0.3 is 5.11 Å². The molecule has 4 fully saturated rings. The first-order valence-electron chi connectivity index (χ1n) is 13.9. The molecule has 3 nitrogen and oxygen atoms in total. The number of carbonyl (C=O) groups excluding carboxylic acids is 1. The molecule has 0 radical (unpaired) electrons. The van der Waals surface area contributed by atoms with Crippen LogP contribution >= 0.6 is 0 Å². The van der Waals surface area contributed by atoms with E-state index in [1.165, 1.54) is 32.1 Å². The van der Waals surface area contributed by atoms with Gasteiger partial charge in [0.25, 0.3) is 0 Å². The Hall–Kier alpha value is -1.14. The van der Waals surface area contributed by atoms with Gasteiger partial charge in [-0.15, -0.1) is 0 Å². The highest BCUT2D eigenvalue weighted by molar-refractivity contribution is 6.04. The number of ketones is 1. The van der Waals surface area contributed by atoms with Crippen molar-refractivity contribution >= 4 is 5.78 Å². The van der Waals surface area contributed by atoms with Crippen molar-refractivity contribution in [2.45, 2.75) is 113 Å². The molecule has 188 valence electrons. The predicted molar refractivity (Wildman–Crippen MR) is 136 cm³/mol. The summed E-state index contributed by atoms with van der Waals surface area (Å²) in [7, 11) is 0. The number of nitrogens with zero attached hydrogens (tertiary/aromatic N) is 1. The lowest BCUT2D eigenvalue weighted by Gasteiger charge is -2.73. The van der Waals surface area contributed by atoms with E-state index in [1.807, 2.05) is 0 Å². The molecule has 0 spiro atoms. The minimum atomic E-state index is -0.531. The van der Waals surface area contributed by atoms with Crippen LogP contribution < -0.4 is 0 Å². The zero-order valence-corrected chi connectivity index (χ0v) is 22.9. The van der Waals surface area contributed by atoms with E-state index in [-0.39, 0.29) is 40.0 Å². The van der Waals surface area contributed by atoms with Gasteiger partial charge in [-0.05, 0) is 102 Å². The zero-order valence-electron chi connectivity index (χ0n) is 22.9. The van der Waals surface area contributed by atoms with E-state index >= 15 is 0 Å². The van der Waals surface area contributed by atoms with E-state index in [1.54, 1.807) is 0 Å². The van der Waals surface area contributed by atoms with E-state index in [0.717, 1.165) is 19.3 Å². The highest BCUT2D eigenvalue weighted by Gasteiger charge is 2.71. The van der Waals surface area contributed by atoms with Gasteiger partial charge >= 0.3 is 0 Å². The molecule has 0 aliphatic heterocycles. The molecule has 5 aliphatic rings. The van der Waals surface area contributed by atoms with Crippen molar-refractivity contribution in [3.8, 4) is 6.07 Å². The number of nitriles is 1. The molecule has 0 saturated heterocycles. The topological polar surface area (TPSA) is 61.1 Å². The highest BCUT2D eigenvalue weighted by Crippen LogP contribution is 2.76. The molecule has 9 atom stereocenters. The smallest absolute Gasteiger partial charge is 0.178 e. The number of hydrogen-bond donors (Lipinski definition) is 1. The first-order chi connectivity index (χ1) is 15.6. The number of aliphatic hydroxyl groups excluding tert-OH is 1. The summed E-state index contributed by atoms with van der Waals surface area (Å²) in [6.45, 7) is 18.9. The first kappa shape index (κ1) is 24.5. The van der Waals surface area contributed by atoms with Gasteiger partial charge in [0.05, 0.1) is 11.7 Å². The quantitative estimate of drug-likeness (QED) is 0.415. The lowest BCUT2D eigenvalue weighted by Crippen LogP contribution is -2.69. The van der Waals surface area contributed by atoms with Crippen LogP contribution in [-0.4, -0.2) is 17.0 Å². The molecule has 4 saturated carbocycles. The lowest BCUT2D eigenvalue weighted by atomic mass is 9.31. The third-order valence-corrected chi connectivity index (χ3v) is 13.1. The summed E-state index contributed by atoms with van der Waals surface area (Å²) < 4.78 is 0. The molecule has 5 rings (SSSR count). The van der Waals surface area contributed by atoms with Crippen LogP contribution in [0.3, 0.4) is 0 Å². The van der Waals surface area contributed by atoms with Gasteiger partial charge in [-0.1, -0.05) is 61.5 Å². The van der Waals surface area contributed by atoms with E-state index in [2.05, 4.69) is 67.5 Å². The maximum absolute atomic E-state index is 13.2. The first-order valence-corrected chi connectivity index (χ1v) is 13.9. The second-order valence-electron chi connectivity index (χ2n) is 15.5. The Morgan fingerprint density at radius 2 is 1.56 bits per heavy atom.